The van der Waals surface area contributed by atoms with Crippen LogP contribution >= 0.6 is 0 Å². The molecule has 1 heterocycles. The zero-order valence-corrected chi connectivity index (χ0v) is 13.9. The maximum atomic E-state index is 3.71. The van der Waals surface area contributed by atoms with Crippen molar-refractivity contribution in [1.29, 1.82) is 0 Å². The van der Waals surface area contributed by atoms with Crippen molar-refractivity contribution in [3.63, 3.8) is 0 Å². The Morgan fingerprint density at radius 2 is 1.80 bits per heavy atom. The minimum atomic E-state index is 0.335. The van der Waals surface area contributed by atoms with Crippen molar-refractivity contribution in [2.45, 2.75) is 83.2 Å². The number of rotatable bonds is 6. The van der Waals surface area contributed by atoms with Crippen molar-refractivity contribution in [3.05, 3.63) is 11.6 Å². The molecular formula is C18H34N2. The van der Waals surface area contributed by atoms with E-state index in [0.29, 0.717) is 11.6 Å². The molecule has 0 aromatic rings. The van der Waals surface area contributed by atoms with E-state index in [4.69, 9.17) is 0 Å². The first-order valence-electron chi connectivity index (χ1n) is 8.89. The number of nitrogens with zero attached hydrogens (tertiary/aromatic N) is 1. The third-order valence-electron chi connectivity index (χ3n) is 5.73. The molecular weight excluding hydrogens is 244 g/mol. The van der Waals surface area contributed by atoms with Gasteiger partial charge in [-0.2, -0.15) is 0 Å². The molecule has 116 valence electrons. The lowest BCUT2D eigenvalue weighted by Crippen LogP contribution is -2.60. The van der Waals surface area contributed by atoms with Gasteiger partial charge in [-0.1, -0.05) is 31.9 Å². The molecule has 0 bridgehead atoms. The van der Waals surface area contributed by atoms with Crippen LogP contribution < -0.4 is 5.32 Å². The van der Waals surface area contributed by atoms with Crippen LogP contribution in [0.1, 0.15) is 71.6 Å². The fourth-order valence-electron chi connectivity index (χ4n) is 4.55. The van der Waals surface area contributed by atoms with E-state index in [2.05, 4.69) is 37.2 Å². The SMILES string of the molecule is CCC(CC)(C(NC)C1=CCCCCC1)N1CCCC1. The van der Waals surface area contributed by atoms with Crippen LogP contribution in [0.15, 0.2) is 11.6 Å². The van der Waals surface area contributed by atoms with E-state index in [0.717, 1.165) is 0 Å². The molecule has 20 heavy (non-hydrogen) atoms. The normalized spacial score (nSPS) is 23.4. The number of allylic oxidation sites excluding steroid dienone is 1. The smallest absolute Gasteiger partial charge is 0.0463 e. The highest BCUT2D eigenvalue weighted by Gasteiger charge is 2.42. The molecule has 0 saturated carbocycles. The second-order valence-electron chi connectivity index (χ2n) is 6.60. The van der Waals surface area contributed by atoms with Crippen molar-refractivity contribution in [1.82, 2.24) is 10.2 Å². The molecule has 1 N–H and O–H groups in total. The molecule has 2 rings (SSSR count). The van der Waals surface area contributed by atoms with Crippen LogP contribution in [-0.4, -0.2) is 36.6 Å². The maximum absolute atomic E-state index is 3.71. The van der Waals surface area contributed by atoms with Gasteiger partial charge in [0.1, 0.15) is 0 Å². The first-order chi connectivity index (χ1) is 9.78. The van der Waals surface area contributed by atoms with Gasteiger partial charge >= 0.3 is 0 Å². The van der Waals surface area contributed by atoms with Gasteiger partial charge in [-0.15, -0.1) is 0 Å². The van der Waals surface area contributed by atoms with Crippen molar-refractivity contribution in [2.75, 3.05) is 20.1 Å². The number of hydrogen-bond acceptors (Lipinski definition) is 2. The number of likely N-dealkylation sites (N-methyl/N-ethyl adjacent to an activating group) is 1. The van der Waals surface area contributed by atoms with E-state index in [1.54, 1.807) is 5.57 Å². The lowest BCUT2D eigenvalue weighted by molar-refractivity contribution is 0.0764. The fourth-order valence-corrected chi connectivity index (χ4v) is 4.55. The van der Waals surface area contributed by atoms with Gasteiger partial charge in [0.05, 0.1) is 0 Å². The van der Waals surface area contributed by atoms with Crippen LogP contribution in [0.3, 0.4) is 0 Å². The summed E-state index contributed by atoms with van der Waals surface area (Å²) in [5.41, 5.74) is 2.03. The summed E-state index contributed by atoms with van der Waals surface area (Å²) in [5, 5.41) is 3.71. The quantitative estimate of drug-likeness (QED) is 0.735. The summed E-state index contributed by atoms with van der Waals surface area (Å²) in [4.78, 5) is 2.79. The topological polar surface area (TPSA) is 15.3 Å². The van der Waals surface area contributed by atoms with Crippen molar-refractivity contribution in [3.8, 4) is 0 Å². The largest absolute Gasteiger partial charge is 0.312 e. The molecule has 1 aliphatic heterocycles. The predicted molar refractivity (Wildman–Crippen MR) is 88.1 cm³/mol. The van der Waals surface area contributed by atoms with E-state index in [-0.39, 0.29) is 0 Å². The van der Waals surface area contributed by atoms with E-state index in [1.165, 1.54) is 70.9 Å². The molecule has 0 amide bonds. The van der Waals surface area contributed by atoms with Crippen molar-refractivity contribution in [2.24, 2.45) is 0 Å². The summed E-state index contributed by atoms with van der Waals surface area (Å²) in [6, 6.07) is 0.550. The Morgan fingerprint density at radius 1 is 1.10 bits per heavy atom. The van der Waals surface area contributed by atoms with Gasteiger partial charge in [-0.3, -0.25) is 4.90 Å². The van der Waals surface area contributed by atoms with Crippen LogP contribution in [0, 0.1) is 0 Å². The summed E-state index contributed by atoms with van der Waals surface area (Å²) >= 11 is 0. The molecule has 0 aromatic heterocycles. The van der Waals surface area contributed by atoms with Crippen LogP contribution in [0.5, 0.6) is 0 Å². The Kier molecular flexibility index (Phi) is 6.10. The Morgan fingerprint density at radius 3 is 2.40 bits per heavy atom. The molecule has 2 aliphatic rings. The van der Waals surface area contributed by atoms with Crippen LogP contribution in [0.4, 0.5) is 0 Å². The van der Waals surface area contributed by atoms with Gasteiger partial charge in [-0.05, 0) is 71.5 Å². The standard InChI is InChI=1S/C18H34N2/c1-4-18(5-2,20-14-10-11-15-20)17(19-3)16-12-8-6-7-9-13-16/h12,17,19H,4-11,13-15H2,1-3H3. The summed E-state index contributed by atoms with van der Waals surface area (Å²) in [6.45, 7) is 7.38. The Bertz CT molecular complexity index is 311. The third-order valence-corrected chi connectivity index (χ3v) is 5.73. The number of likely N-dealkylation sites (tertiary alicyclic amines) is 1. The Labute approximate surface area is 126 Å². The van der Waals surface area contributed by atoms with E-state index >= 15 is 0 Å². The zero-order chi connectivity index (χ0) is 14.4. The fraction of sp³-hybridized carbons (Fsp3) is 0.889. The van der Waals surface area contributed by atoms with E-state index in [1.807, 2.05) is 0 Å². The number of nitrogens with one attached hydrogen (secondary N) is 1. The second-order valence-corrected chi connectivity index (χ2v) is 6.60. The Hall–Kier alpha value is -0.340. The van der Waals surface area contributed by atoms with Crippen molar-refractivity contribution >= 4 is 0 Å². The zero-order valence-electron chi connectivity index (χ0n) is 13.9. The lowest BCUT2D eigenvalue weighted by atomic mass is 9.78. The molecule has 1 atom stereocenters. The highest BCUT2D eigenvalue weighted by atomic mass is 15.2. The summed E-state index contributed by atoms with van der Waals surface area (Å²) in [5.74, 6) is 0. The van der Waals surface area contributed by atoms with Gasteiger partial charge in [-0.25, -0.2) is 0 Å². The molecule has 1 saturated heterocycles. The first kappa shape index (κ1) is 16.0. The minimum Gasteiger partial charge on any atom is -0.312 e. The summed E-state index contributed by atoms with van der Waals surface area (Å²) in [7, 11) is 2.17. The Balaban J connectivity index is 2.25. The minimum absolute atomic E-state index is 0.335. The van der Waals surface area contributed by atoms with Gasteiger partial charge in [0.2, 0.25) is 0 Å². The van der Waals surface area contributed by atoms with E-state index < -0.39 is 0 Å². The molecule has 2 nitrogen and oxygen atoms in total. The van der Waals surface area contributed by atoms with Crippen LogP contribution in [0.2, 0.25) is 0 Å². The van der Waals surface area contributed by atoms with Crippen molar-refractivity contribution < 1.29 is 0 Å². The molecule has 1 fully saturated rings. The predicted octanol–water partition coefficient (Wildman–Crippen LogP) is 4.12. The monoisotopic (exact) mass is 278 g/mol. The molecule has 1 unspecified atom stereocenters. The highest BCUT2D eigenvalue weighted by molar-refractivity contribution is 5.20. The molecule has 2 heteroatoms. The molecule has 0 radical (unpaired) electrons. The van der Waals surface area contributed by atoms with Crippen LogP contribution in [-0.2, 0) is 0 Å². The average molecular weight is 278 g/mol. The van der Waals surface area contributed by atoms with Gasteiger partial charge < -0.3 is 5.32 Å². The molecule has 0 spiro atoms. The third kappa shape index (κ3) is 3.12. The summed E-state index contributed by atoms with van der Waals surface area (Å²) in [6.07, 6.45) is 14.6. The second kappa shape index (κ2) is 7.61. The van der Waals surface area contributed by atoms with Gasteiger partial charge in [0.15, 0.2) is 0 Å². The average Bonchev–Trinajstić information content (AvgIpc) is 2.89. The first-order valence-corrected chi connectivity index (χ1v) is 8.89. The molecule has 0 aromatic carbocycles. The van der Waals surface area contributed by atoms with Gasteiger partial charge in [0.25, 0.3) is 0 Å². The van der Waals surface area contributed by atoms with Gasteiger partial charge in [0, 0.05) is 11.6 Å². The summed E-state index contributed by atoms with van der Waals surface area (Å²) < 4.78 is 0. The van der Waals surface area contributed by atoms with E-state index in [9.17, 15) is 0 Å². The maximum Gasteiger partial charge on any atom is 0.0463 e. The number of hydrogen-bond donors (Lipinski definition) is 1. The van der Waals surface area contributed by atoms with Crippen LogP contribution in [0.25, 0.3) is 0 Å². The lowest BCUT2D eigenvalue weighted by Gasteiger charge is -2.48. The highest BCUT2D eigenvalue weighted by Crippen LogP contribution is 2.36. The molecule has 1 aliphatic carbocycles.